The zero-order valence-corrected chi connectivity index (χ0v) is 16.0. The Hall–Kier alpha value is -3.04. The van der Waals surface area contributed by atoms with Gasteiger partial charge in [-0.05, 0) is 30.3 Å². The van der Waals surface area contributed by atoms with Crippen LogP contribution in [0.2, 0.25) is 5.02 Å². The molecule has 0 saturated carbocycles. The van der Waals surface area contributed by atoms with Crippen molar-refractivity contribution >= 4 is 23.0 Å². The van der Waals surface area contributed by atoms with Crippen molar-refractivity contribution in [2.24, 2.45) is 0 Å². The molecule has 2 aromatic carbocycles. The van der Waals surface area contributed by atoms with Gasteiger partial charge in [0.1, 0.15) is 11.5 Å². The summed E-state index contributed by atoms with van der Waals surface area (Å²) in [6.45, 7) is 2.79. The van der Waals surface area contributed by atoms with Crippen molar-refractivity contribution in [3.05, 3.63) is 69.3 Å². The fourth-order valence-corrected chi connectivity index (χ4v) is 3.40. The van der Waals surface area contributed by atoms with Crippen LogP contribution in [-0.4, -0.2) is 46.1 Å². The Kier molecular flexibility index (Phi) is 5.41. The summed E-state index contributed by atoms with van der Waals surface area (Å²) in [4.78, 5) is 19.1. The molecule has 2 heterocycles. The van der Waals surface area contributed by atoms with Crippen LogP contribution in [-0.2, 0) is 6.54 Å². The maximum Gasteiger partial charge on any atom is 0.292 e. The maximum absolute atomic E-state index is 13.6. The van der Waals surface area contributed by atoms with Gasteiger partial charge in [-0.3, -0.25) is 15.0 Å². The molecule has 1 saturated heterocycles. The quantitative estimate of drug-likeness (QED) is 0.461. The number of hydrogen-bond donors (Lipinski definition) is 0. The Morgan fingerprint density at radius 1 is 1.14 bits per heavy atom. The van der Waals surface area contributed by atoms with Gasteiger partial charge in [0.2, 0.25) is 11.7 Å². The van der Waals surface area contributed by atoms with Crippen molar-refractivity contribution in [3.8, 4) is 11.4 Å². The molecule has 0 atom stereocenters. The topological polar surface area (TPSA) is 88.5 Å². The summed E-state index contributed by atoms with van der Waals surface area (Å²) < 4.78 is 18.9. The first kappa shape index (κ1) is 19.3. The van der Waals surface area contributed by atoms with E-state index in [1.165, 1.54) is 12.1 Å². The van der Waals surface area contributed by atoms with Crippen LogP contribution in [0.1, 0.15) is 5.89 Å². The summed E-state index contributed by atoms with van der Waals surface area (Å²) in [7, 11) is 0. The Labute approximate surface area is 170 Å². The monoisotopic (exact) mass is 417 g/mol. The van der Waals surface area contributed by atoms with Crippen molar-refractivity contribution < 1.29 is 13.8 Å². The number of piperazine rings is 1. The standard InChI is InChI=1S/C19H17ClFN5O3/c20-14-3-1-13(2-4-14)19-22-18(29-23-19)12-24-7-9-25(10-8-24)17-11-15(21)5-6-16(17)26(27)28/h1-6,11H,7-10,12H2. The van der Waals surface area contributed by atoms with Crippen molar-refractivity contribution in [2.45, 2.75) is 6.54 Å². The fraction of sp³-hybridized carbons (Fsp3) is 0.263. The number of nitro groups is 1. The first-order valence-electron chi connectivity index (χ1n) is 8.99. The average molecular weight is 418 g/mol. The molecule has 8 nitrogen and oxygen atoms in total. The van der Waals surface area contributed by atoms with E-state index in [2.05, 4.69) is 15.0 Å². The van der Waals surface area contributed by atoms with Crippen molar-refractivity contribution in [2.75, 3.05) is 31.1 Å². The van der Waals surface area contributed by atoms with Gasteiger partial charge in [-0.15, -0.1) is 0 Å². The molecule has 4 rings (SSSR count). The van der Waals surface area contributed by atoms with Crippen molar-refractivity contribution in [1.29, 1.82) is 0 Å². The Bertz CT molecular complexity index is 1020. The van der Waals surface area contributed by atoms with Crippen LogP contribution in [0.15, 0.2) is 47.0 Å². The van der Waals surface area contributed by atoms with E-state index in [9.17, 15) is 14.5 Å². The van der Waals surface area contributed by atoms with Gasteiger partial charge in [-0.1, -0.05) is 16.8 Å². The molecular weight excluding hydrogens is 401 g/mol. The summed E-state index contributed by atoms with van der Waals surface area (Å²) in [5, 5.41) is 15.9. The first-order chi connectivity index (χ1) is 14.0. The minimum Gasteiger partial charge on any atom is -0.363 e. The highest BCUT2D eigenvalue weighted by atomic mass is 35.5. The van der Waals surface area contributed by atoms with Gasteiger partial charge in [-0.25, -0.2) is 4.39 Å². The van der Waals surface area contributed by atoms with E-state index in [0.29, 0.717) is 55.1 Å². The largest absolute Gasteiger partial charge is 0.363 e. The van der Waals surface area contributed by atoms with Crippen LogP contribution >= 0.6 is 11.6 Å². The van der Waals surface area contributed by atoms with Gasteiger partial charge in [0, 0.05) is 48.9 Å². The van der Waals surface area contributed by atoms with Crippen LogP contribution in [0.25, 0.3) is 11.4 Å². The number of halogens is 2. The highest BCUT2D eigenvalue weighted by molar-refractivity contribution is 6.30. The lowest BCUT2D eigenvalue weighted by molar-refractivity contribution is -0.384. The molecule has 1 aliphatic heterocycles. The van der Waals surface area contributed by atoms with Gasteiger partial charge < -0.3 is 9.42 Å². The number of hydrogen-bond acceptors (Lipinski definition) is 7. The average Bonchev–Trinajstić information content (AvgIpc) is 3.17. The normalized spacial score (nSPS) is 14.9. The second-order valence-electron chi connectivity index (χ2n) is 6.67. The summed E-state index contributed by atoms with van der Waals surface area (Å²) in [5.74, 6) is 0.486. The van der Waals surface area contributed by atoms with Crippen LogP contribution in [0.4, 0.5) is 15.8 Å². The minimum atomic E-state index is -0.492. The number of benzene rings is 2. The zero-order valence-electron chi connectivity index (χ0n) is 15.3. The van der Waals surface area contributed by atoms with Crippen molar-refractivity contribution in [1.82, 2.24) is 15.0 Å². The predicted molar refractivity (Wildman–Crippen MR) is 105 cm³/mol. The molecule has 1 aliphatic rings. The summed E-state index contributed by atoms with van der Waals surface area (Å²) in [6, 6.07) is 10.7. The molecule has 1 aromatic heterocycles. The predicted octanol–water partition coefficient (Wildman–Crippen LogP) is 3.76. The Morgan fingerprint density at radius 2 is 1.86 bits per heavy atom. The first-order valence-corrected chi connectivity index (χ1v) is 9.37. The van der Waals surface area contributed by atoms with E-state index >= 15 is 0 Å². The lowest BCUT2D eigenvalue weighted by Crippen LogP contribution is -2.46. The molecule has 0 radical (unpaired) electrons. The second-order valence-corrected chi connectivity index (χ2v) is 7.11. The molecule has 1 fully saturated rings. The van der Waals surface area contributed by atoms with E-state index in [4.69, 9.17) is 16.1 Å². The summed E-state index contributed by atoms with van der Waals surface area (Å²) in [5.41, 5.74) is 1.02. The molecule has 0 aliphatic carbocycles. The SMILES string of the molecule is O=[N+]([O-])c1ccc(F)cc1N1CCN(Cc2nc(-c3ccc(Cl)cc3)no2)CC1. The highest BCUT2D eigenvalue weighted by Gasteiger charge is 2.25. The van der Waals surface area contributed by atoms with Gasteiger partial charge in [0.05, 0.1) is 11.5 Å². The summed E-state index contributed by atoms with van der Waals surface area (Å²) >= 11 is 5.89. The molecule has 0 amide bonds. The number of nitrogens with zero attached hydrogens (tertiary/aromatic N) is 5. The maximum atomic E-state index is 13.6. The Morgan fingerprint density at radius 3 is 2.55 bits per heavy atom. The third-order valence-corrected chi connectivity index (χ3v) is 5.03. The molecule has 29 heavy (non-hydrogen) atoms. The molecule has 10 heteroatoms. The molecule has 3 aromatic rings. The molecule has 0 bridgehead atoms. The molecule has 0 unspecified atom stereocenters. The van der Waals surface area contributed by atoms with Gasteiger partial charge >= 0.3 is 0 Å². The second kappa shape index (κ2) is 8.14. The minimum absolute atomic E-state index is 0.0932. The molecule has 0 spiro atoms. The molecule has 150 valence electrons. The van der Waals surface area contributed by atoms with Crippen LogP contribution in [0.5, 0.6) is 0 Å². The molecule has 0 N–H and O–H groups in total. The third-order valence-electron chi connectivity index (χ3n) is 4.78. The third kappa shape index (κ3) is 4.36. The lowest BCUT2D eigenvalue weighted by atomic mass is 10.2. The number of rotatable bonds is 5. The van der Waals surface area contributed by atoms with Crippen LogP contribution < -0.4 is 4.90 Å². The number of anilines is 1. The van der Waals surface area contributed by atoms with E-state index in [1.54, 1.807) is 12.1 Å². The molecular formula is C19H17ClFN5O3. The van der Waals surface area contributed by atoms with E-state index in [0.717, 1.165) is 11.6 Å². The fourth-order valence-electron chi connectivity index (χ4n) is 3.28. The van der Waals surface area contributed by atoms with Crippen LogP contribution in [0, 0.1) is 15.9 Å². The smallest absolute Gasteiger partial charge is 0.292 e. The van der Waals surface area contributed by atoms with Gasteiger partial charge in [-0.2, -0.15) is 4.98 Å². The van der Waals surface area contributed by atoms with E-state index < -0.39 is 10.7 Å². The van der Waals surface area contributed by atoms with E-state index in [-0.39, 0.29) is 5.69 Å². The van der Waals surface area contributed by atoms with Crippen LogP contribution in [0.3, 0.4) is 0 Å². The highest BCUT2D eigenvalue weighted by Crippen LogP contribution is 2.30. The summed E-state index contributed by atoms with van der Waals surface area (Å²) in [6.07, 6.45) is 0. The number of nitro benzene ring substituents is 1. The van der Waals surface area contributed by atoms with E-state index in [1.807, 2.05) is 17.0 Å². The Balaban J connectivity index is 1.39. The lowest BCUT2D eigenvalue weighted by Gasteiger charge is -2.35. The van der Waals surface area contributed by atoms with Gasteiger partial charge in [0.25, 0.3) is 5.69 Å². The van der Waals surface area contributed by atoms with Gasteiger partial charge in [0.15, 0.2) is 0 Å². The number of aromatic nitrogens is 2. The zero-order chi connectivity index (χ0) is 20.4. The van der Waals surface area contributed by atoms with Crippen molar-refractivity contribution in [3.63, 3.8) is 0 Å².